The van der Waals surface area contributed by atoms with Gasteiger partial charge in [-0.15, -0.1) is 0 Å². The molecule has 12 heteroatoms. The summed E-state index contributed by atoms with van der Waals surface area (Å²) in [6, 6.07) is 4.81. The van der Waals surface area contributed by atoms with Crippen molar-refractivity contribution in [2.75, 3.05) is 18.2 Å². The zero-order valence-electron chi connectivity index (χ0n) is 20.3. The van der Waals surface area contributed by atoms with E-state index in [0.29, 0.717) is 5.69 Å². The lowest BCUT2D eigenvalue weighted by Crippen LogP contribution is -2.55. The number of sulfonamides is 1. The van der Waals surface area contributed by atoms with E-state index in [1.807, 2.05) is 32.9 Å². The van der Waals surface area contributed by atoms with Gasteiger partial charge in [0.05, 0.1) is 25.3 Å². The molecule has 0 saturated heterocycles. The minimum Gasteiger partial charge on any atom is -0.394 e. The third kappa shape index (κ3) is 9.48. The summed E-state index contributed by atoms with van der Waals surface area (Å²) < 4.78 is 24.1. The maximum absolute atomic E-state index is 12.7. The summed E-state index contributed by atoms with van der Waals surface area (Å²) >= 11 is 0. The predicted molar refractivity (Wildman–Crippen MR) is 127 cm³/mol. The topological polar surface area (TPSA) is 171 Å². The highest BCUT2D eigenvalue weighted by molar-refractivity contribution is 7.89. The highest BCUT2D eigenvalue weighted by Gasteiger charge is 2.30. The molecular weight excluding hydrogens is 464 g/mol. The Hall–Kier alpha value is -2.99. The Bertz CT molecular complexity index is 1020. The molecule has 0 aliphatic rings. The average Bonchev–Trinajstić information content (AvgIpc) is 2.68. The molecule has 2 atom stereocenters. The third-order valence-corrected chi connectivity index (χ3v) is 5.32. The van der Waals surface area contributed by atoms with Crippen molar-refractivity contribution >= 4 is 39.3 Å². The number of hydrogen-bond donors (Lipinski definition) is 5. The van der Waals surface area contributed by atoms with E-state index in [1.165, 1.54) is 0 Å². The zero-order valence-corrected chi connectivity index (χ0v) is 21.1. The Morgan fingerprint density at radius 1 is 1.00 bits per heavy atom. The number of para-hydroxylation sites is 1. The lowest BCUT2D eigenvalue weighted by molar-refractivity contribution is -0.138. The second-order valence-corrected chi connectivity index (χ2v) is 11.1. The predicted octanol–water partition coefficient (Wildman–Crippen LogP) is 0.00640. The van der Waals surface area contributed by atoms with Crippen LogP contribution in [0.5, 0.6) is 0 Å². The second kappa shape index (κ2) is 11.9. The fourth-order valence-corrected chi connectivity index (χ4v) is 3.59. The number of nitrogens with one attached hydrogen (secondary N) is 4. The monoisotopic (exact) mass is 498 g/mol. The van der Waals surface area contributed by atoms with Crippen molar-refractivity contribution < 1.29 is 32.7 Å². The lowest BCUT2D eigenvalue weighted by Gasteiger charge is -2.25. The van der Waals surface area contributed by atoms with Gasteiger partial charge in [0.15, 0.2) is 0 Å². The molecule has 0 aromatic heterocycles. The third-order valence-electron chi connectivity index (χ3n) is 4.72. The fraction of sp³-hybridized carbons (Fsp3) is 0.545. The standard InChI is InChI=1S/C22H34N4O7S/c1-13(2)18(19(29)23-14(12-27)11-17(28)26-34(6,32)33)25-21(31)20(30)24-16-10-8-7-9-15(16)22(3,4)5/h7-10,13-14,18,27H,11-12H2,1-6H3,(H,23,29)(H,24,30)(H,25,31)(H,26,28)/t14-,18-/m0/s1. The molecule has 0 radical (unpaired) electrons. The van der Waals surface area contributed by atoms with Crippen molar-refractivity contribution in [3.05, 3.63) is 29.8 Å². The van der Waals surface area contributed by atoms with Gasteiger partial charge in [-0.1, -0.05) is 52.8 Å². The van der Waals surface area contributed by atoms with E-state index in [2.05, 4.69) is 16.0 Å². The number of aliphatic hydroxyl groups is 1. The van der Waals surface area contributed by atoms with Crippen LogP contribution in [0, 0.1) is 5.92 Å². The van der Waals surface area contributed by atoms with E-state index in [1.54, 1.807) is 30.7 Å². The first-order valence-corrected chi connectivity index (χ1v) is 12.6. The van der Waals surface area contributed by atoms with Gasteiger partial charge in [-0.25, -0.2) is 8.42 Å². The minimum absolute atomic E-state index is 0.288. The molecule has 1 aromatic rings. The molecule has 0 fully saturated rings. The maximum Gasteiger partial charge on any atom is 0.313 e. The van der Waals surface area contributed by atoms with Crippen LogP contribution in [-0.2, 0) is 34.6 Å². The van der Waals surface area contributed by atoms with E-state index < -0.39 is 64.7 Å². The zero-order chi connectivity index (χ0) is 26.3. The van der Waals surface area contributed by atoms with Gasteiger partial charge in [0, 0.05) is 5.69 Å². The molecule has 1 aromatic carbocycles. The molecule has 1 rings (SSSR count). The molecule has 34 heavy (non-hydrogen) atoms. The smallest absolute Gasteiger partial charge is 0.313 e. The van der Waals surface area contributed by atoms with Crippen molar-refractivity contribution in [1.82, 2.24) is 15.4 Å². The Morgan fingerprint density at radius 2 is 1.59 bits per heavy atom. The minimum atomic E-state index is -3.79. The number of aliphatic hydroxyl groups excluding tert-OH is 1. The van der Waals surface area contributed by atoms with Crippen molar-refractivity contribution in [2.45, 2.75) is 58.5 Å². The molecule has 0 aliphatic heterocycles. The molecule has 0 bridgehead atoms. The van der Waals surface area contributed by atoms with Crippen molar-refractivity contribution in [2.24, 2.45) is 5.92 Å². The number of rotatable bonds is 9. The molecule has 11 nitrogen and oxygen atoms in total. The number of hydrogen-bond acceptors (Lipinski definition) is 7. The van der Waals surface area contributed by atoms with Gasteiger partial charge in [-0.3, -0.25) is 23.9 Å². The largest absolute Gasteiger partial charge is 0.394 e. The molecule has 4 amide bonds. The van der Waals surface area contributed by atoms with Gasteiger partial charge in [-0.05, 0) is 23.0 Å². The van der Waals surface area contributed by atoms with Gasteiger partial charge in [-0.2, -0.15) is 0 Å². The van der Waals surface area contributed by atoms with E-state index in [9.17, 15) is 32.7 Å². The van der Waals surface area contributed by atoms with Crippen LogP contribution in [-0.4, -0.2) is 62.1 Å². The first kappa shape index (κ1) is 29.0. The second-order valence-electron chi connectivity index (χ2n) is 9.33. The summed E-state index contributed by atoms with van der Waals surface area (Å²) in [5.74, 6) is -4.08. The highest BCUT2D eigenvalue weighted by atomic mass is 32.2. The van der Waals surface area contributed by atoms with Crippen LogP contribution in [0.25, 0.3) is 0 Å². The molecule has 0 saturated carbocycles. The van der Waals surface area contributed by atoms with Crippen LogP contribution in [0.2, 0.25) is 0 Å². The van der Waals surface area contributed by atoms with E-state index in [0.717, 1.165) is 11.8 Å². The van der Waals surface area contributed by atoms with Crippen LogP contribution in [0.4, 0.5) is 5.69 Å². The summed E-state index contributed by atoms with van der Waals surface area (Å²) in [4.78, 5) is 49.5. The van der Waals surface area contributed by atoms with Gasteiger partial charge in [0.25, 0.3) is 0 Å². The van der Waals surface area contributed by atoms with Crippen molar-refractivity contribution in [1.29, 1.82) is 0 Å². The quantitative estimate of drug-likeness (QED) is 0.298. The van der Waals surface area contributed by atoms with E-state index >= 15 is 0 Å². The highest BCUT2D eigenvalue weighted by Crippen LogP contribution is 2.29. The summed E-state index contributed by atoms with van der Waals surface area (Å²) in [6.45, 7) is 8.52. The Morgan fingerprint density at radius 3 is 2.09 bits per heavy atom. The number of benzene rings is 1. The Kier molecular flexibility index (Phi) is 10.2. The first-order valence-electron chi connectivity index (χ1n) is 10.7. The normalized spacial score (nSPS) is 13.5. The molecule has 0 unspecified atom stereocenters. The molecule has 5 N–H and O–H groups in total. The van der Waals surface area contributed by atoms with Crippen LogP contribution < -0.4 is 20.7 Å². The molecular formula is C22H34N4O7S. The molecule has 0 heterocycles. The van der Waals surface area contributed by atoms with Crippen LogP contribution in [0.15, 0.2) is 24.3 Å². The van der Waals surface area contributed by atoms with Crippen LogP contribution >= 0.6 is 0 Å². The summed E-state index contributed by atoms with van der Waals surface area (Å²) in [5, 5.41) is 16.8. The number of anilines is 1. The summed E-state index contributed by atoms with van der Waals surface area (Å²) in [6.07, 6.45) is 0.296. The summed E-state index contributed by atoms with van der Waals surface area (Å²) in [7, 11) is -3.79. The number of carbonyl (C=O) groups excluding carboxylic acids is 4. The lowest BCUT2D eigenvalue weighted by atomic mass is 9.86. The van der Waals surface area contributed by atoms with E-state index in [-0.39, 0.29) is 5.41 Å². The fourth-order valence-electron chi connectivity index (χ4n) is 3.09. The molecule has 190 valence electrons. The van der Waals surface area contributed by atoms with Gasteiger partial charge >= 0.3 is 11.8 Å². The SMILES string of the molecule is CC(C)[C@H](NC(=O)C(=O)Nc1ccccc1C(C)(C)C)C(=O)N[C@H](CO)CC(=O)NS(C)(=O)=O. The van der Waals surface area contributed by atoms with Crippen LogP contribution in [0.1, 0.15) is 46.6 Å². The Balaban J connectivity index is 2.87. The molecule has 0 spiro atoms. The molecule has 0 aliphatic carbocycles. The average molecular weight is 499 g/mol. The van der Waals surface area contributed by atoms with Gasteiger partial charge in [0.2, 0.25) is 21.8 Å². The van der Waals surface area contributed by atoms with Crippen molar-refractivity contribution in [3.8, 4) is 0 Å². The van der Waals surface area contributed by atoms with Gasteiger partial charge < -0.3 is 21.1 Å². The number of amides is 4. The maximum atomic E-state index is 12.7. The van der Waals surface area contributed by atoms with Crippen LogP contribution in [0.3, 0.4) is 0 Å². The first-order chi connectivity index (χ1) is 15.5. The number of carbonyl (C=O) groups is 4. The van der Waals surface area contributed by atoms with E-state index in [4.69, 9.17) is 0 Å². The summed E-state index contributed by atoms with van der Waals surface area (Å²) in [5.41, 5.74) is 1.01. The van der Waals surface area contributed by atoms with Crippen molar-refractivity contribution in [3.63, 3.8) is 0 Å². The Labute approximate surface area is 200 Å². The van der Waals surface area contributed by atoms with Gasteiger partial charge in [0.1, 0.15) is 6.04 Å².